The van der Waals surface area contributed by atoms with Gasteiger partial charge in [-0.25, -0.2) is 0 Å². The van der Waals surface area contributed by atoms with Crippen molar-refractivity contribution in [3.63, 3.8) is 0 Å². The number of amides is 7. The number of rotatable bonds is 20. The molecule has 0 unspecified atom stereocenters. The summed E-state index contributed by atoms with van der Waals surface area (Å²) in [6.07, 6.45) is -1.64. The molecule has 0 aromatic carbocycles. The number of hydrogen-bond acceptors (Lipinski definition) is 12. The van der Waals surface area contributed by atoms with Crippen LogP contribution in [0, 0.1) is 0 Å². The summed E-state index contributed by atoms with van der Waals surface area (Å²) in [4.78, 5) is 105. The lowest BCUT2D eigenvalue weighted by Gasteiger charge is -2.31. The molecule has 16 N–H and O–H groups in total. The maximum absolute atomic E-state index is 13.5. The average molecular weight is 702 g/mol. The van der Waals surface area contributed by atoms with Crippen molar-refractivity contribution in [2.45, 2.75) is 88.3 Å². The second kappa shape index (κ2) is 20.3. The fraction of sp³-hybridized carbons (Fsp3) is 0.667. The number of aliphatic imine (C=N–C) groups is 1. The van der Waals surface area contributed by atoms with E-state index >= 15 is 0 Å². The van der Waals surface area contributed by atoms with E-state index < -0.39 is 109 Å². The first-order valence-electron chi connectivity index (χ1n) is 15.3. The van der Waals surface area contributed by atoms with Gasteiger partial charge in [0.2, 0.25) is 41.4 Å². The molecule has 0 aromatic rings. The van der Waals surface area contributed by atoms with Gasteiger partial charge < -0.3 is 69.7 Å². The third kappa shape index (κ3) is 13.9. The molecular weight excluding hydrogens is 654 g/mol. The van der Waals surface area contributed by atoms with Crippen molar-refractivity contribution in [1.82, 2.24) is 31.5 Å². The predicted molar refractivity (Wildman–Crippen MR) is 169 cm³/mol. The minimum atomic E-state index is -1.64. The molecule has 22 nitrogen and oxygen atoms in total. The number of carboxylic acid groups (broad SMARTS) is 1. The Balaban J connectivity index is 3.09. The lowest BCUT2D eigenvalue weighted by Crippen LogP contribution is -2.61. The SMILES string of the molecule is C[C@H](NC(=O)[C@H](CCCN=C(N)N)NC(=O)[C@H](CO)NC(=O)[C@@H]1CCCN1C(=O)[C@@H](NC(=O)[C@H](CC(N)=O)NC(=O)CN)[C@@H](C)O)C(=O)O. The van der Waals surface area contributed by atoms with E-state index in [1.807, 2.05) is 0 Å². The van der Waals surface area contributed by atoms with Gasteiger partial charge in [-0.1, -0.05) is 0 Å². The summed E-state index contributed by atoms with van der Waals surface area (Å²) in [6.45, 7) is 1.01. The van der Waals surface area contributed by atoms with Crippen LogP contribution in [0.5, 0.6) is 0 Å². The van der Waals surface area contributed by atoms with E-state index in [9.17, 15) is 48.6 Å². The van der Waals surface area contributed by atoms with Crippen LogP contribution < -0.4 is 49.5 Å². The van der Waals surface area contributed by atoms with Crippen molar-refractivity contribution >= 4 is 53.3 Å². The number of carbonyl (C=O) groups is 8. The molecule has 276 valence electrons. The lowest BCUT2D eigenvalue weighted by molar-refractivity contribution is -0.145. The molecule has 1 aliphatic heterocycles. The van der Waals surface area contributed by atoms with Crippen LogP contribution in [-0.2, 0) is 38.4 Å². The van der Waals surface area contributed by atoms with Crippen LogP contribution in [0.1, 0.15) is 46.0 Å². The standard InChI is InChI=1S/C27H47N11O11/c1-12(26(48)49)33-21(43)14(5-3-7-32-27(30)31)35-23(45)16(11-39)36-24(46)17-6-4-8-38(17)25(47)20(13(2)40)37-22(44)15(9-18(29)41)34-19(42)10-28/h12-17,20,39-40H,3-11,28H2,1-2H3,(H2,29,41)(H,33,43)(H,34,42)(H,35,45)(H,36,46)(H,37,44)(H,48,49)(H4,30,31,32)/t12-,13+,14-,15-,16-,17-,20-/m0/s1. The molecule has 0 radical (unpaired) electrons. The maximum atomic E-state index is 13.5. The number of aliphatic carboxylic acids is 1. The zero-order chi connectivity index (χ0) is 37.4. The Morgan fingerprint density at radius 3 is 2.02 bits per heavy atom. The number of nitrogens with zero attached hydrogens (tertiary/aromatic N) is 2. The molecule has 1 fully saturated rings. The Kier molecular flexibility index (Phi) is 17.4. The van der Waals surface area contributed by atoms with Gasteiger partial charge in [0.15, 0.2) is 5.96 Å². The van der Waals surface area contributed by atoms with Gasteiger partial charge in [0.25, 0.3) is 0 Å². The van der Waals surface area contributed by atoms with Crippen molar-refractivity contribution in [3.05, 3.63) is 0 Å². The molecule has 0 bridgehead atoms. The van der Waals surface area contributed by atoms with Crippen molar-refractivity contribution < 1.29 is 53.7 Å². The smallest absolute Gasteiger partial charge is 0.325 e. The van der Waals surface area contributed by atoms with E-state index in [1.165, 1.54) is 13.8 Å². The van der Waals surface area contributed by atoms with Gasteiger partial charge in [0.05, 0.1) is 25.7 Å². The number of nitrogens with two attached hydrogens (primary N) is 4. The van der Waals surface area contributed by atoms with Crippen molar-refractivity contribution in [1.29, 1.82) is 0 Å². The zero-order valence-corrected chi connectivity index (χ0v) is 27.2. The first kappa shape index (κ1) is 41.9. The number of hydrogen-bond donors (Lipinski definition) is 12. The second-order valence-electron chi connectivity index (χ2n) is 11.2. The van der Waals surface area contributed by atoms with Crippen molar-refractivity contribution in [2.75, 3.05) is 26.2 Å². The minimum Gasteiger partial charge on any atom is -0.480 e. The van der Waals surface area contributed by atoms with Gasteiger partial charge in [-0.15, -0.1) is 0 Å². The molecule has 0 aliphatic carbocycles. The van der Waals surface area contributed by atoms with Gasteiger partial charge in [0, 0.05) is 13.1 Å². The molecule has 1 saturated heterocycles. The summed E-state index contributed by atoms with van der Waals surface area (Å²) in [5.41, 5.74) is 21.0. The first-order valence-corrected chi connectivity index (χ1v) is 15.3. The van der Waals surface area contributed by atoms with Crippen LogP contribution in [0.3, 0.4) is 0 Å². The largest absolute Gasteiger partial charge is 0.480 e. The number of carbonyl (C=O) groups excluding carboxylic acids is 7. The number of primary amides is 1. The highest BCUT2D eigenvalue weighted by atomic mass is 16.4. The van der Waals surface area contributed by atoms with Crippen LogP contribution in [0.4, 0.5) is 0 Å². The van der Waals surface area contributed by atoms with Crippen LogP contribution >= 0.6 is 0 Å². The minimum absolute atomic E-state index is 0.000422. The van der Waals surface area contributed by atoms with Gasteiger partial charge in [-0.05, 0) is 39.5 Å². The summed E-state index contributed by atoms with van der Waals surface area (Å²) < 4.78 is 0. The molecule has 7 atom stereocenters. The Hall–Kier alpha value is -5.09. The van der Waals surface area contributed by atoms with Gasteiger partial charge in [0.1, 0.15) is 36.3 Å². The average Bonchev–Trinajstić information content (AvgIpc) is 3.52. The fourth-order valence-corrected chi connectivity index (χ4v) is 4.67. The molecular formula is C27H47N11O11. The third-order valence-corrected chi connectivity index (χ3v) is 7.25. The van der Waals surface area contributed by atoms with Crippen molar-refractivity contribution in [3.8, 4) is 0 Å². The number of carboxylic acids is 1. The number of aliphatic hydroxyl groups is 2. The van der Waals surface area contributed by atoms with E-state index in [-0.39, 0.29) is 38.3 Å². The van der Waals surface area contributed by atoms with Crippen LogP contribution in [0.15, 0.2) is 4.99 Å². The van der Waals surface area contributed by atoms with E-state index in [0.29, 0.717) is 6.42 Å². The summed E-state index contributed by atoms with van der Waals surface area (Å²) in [6, 6.07) is -8.63. The molecule has 1 heterocycles. The molecule has 0 saturated carbocycles. The second-order valence-corrected chi connectivity index (χ2v) is 11.2. The highest BCUT2D eigenvalue weighted by molar-refractivity contribution is 5.98. The quantitative estimate of drug-likeness (QED) is 0.0319. The van der Waals surface area contributed by atoms with Crippen molar-refractivity contribution in [2.24, 2.45) is 27.9 Å². The maximum Gasteiger partial charge on any atom is 0.325 e. The molecule has 7 amide bonds. The van der Waals surface area contributed by atoms with E-state index in [0.717, 1.165) is 4.90 Å². The molecule has 1 rings (SSSR count). The van der Waals surface area contributed by atoms with E-state index in [4.69, 9.17) is 28.0 Å². The zero-order valence-electron chi connectivity index (χ0n) is 27.2. The van der Waals surface area contributed by atoms with Crippen LogP contribution in [0.25, 0.3) is 0 Å². The van der Waals surface area contributed by atoms with Gasteiger partial charge in [-0.3, -0.25) is 43.3 Å². The van der Waals surface area contributed by atoms with Gasteiger partial charge >= 0.3 is 5.97 Å². The summed E-state index contributed by atoms with van der Waals surface area (Å²) in [5.74, 6) is -8.00. The highest BCUT2D eigenvalue weighted by Crippen LogP contribution is 2.20. The summed E-state index contributed by atoms with van der Waals surface area (Å²) in [7, 11) is 0. The fourth-order valence-electron chi connectivity index (χ4n) is 4.67. The molecule has 0 aromatic heterocycles. The molecule has 0 spiro atoms. The summed E-state index contributed by atoms with van der Waals surface area (Å²) >= 11 is 0. The third-order valence-electron chi connectivity index (χ3n) is 7.25. The normalized spacial score (nSPS) is 17.6. The summed E-state index contributed by atoms with van der Waals surface area (Å²) in [5, 5.41) is 40.8. The molecule has 1 aliphatic rings. The highest BCUT2D eigenvalue weighted by Gasteiger charge is 2.41. The molecule has 49 heavy (non-hydrogen) atoms. The number of nitrogens with one attached hydrogen (secondary N) is 5. The topological polar surface area (TPSA) is 377 Å². The molecule has 22 heteroatoms. The van der Waals surface area contributed by atoms with E-state index in [2.05, 4.69) is 31.6 Å². The van der Waals surface area contributed by atoms with E-state index in [1.54, 1.807) is 0 Å². The number of likely N-dealkylation sites (tertiary alicyclic amines) is 1. The Morgan fingerprint density at radius 1 is 0.878 bits per heavy atom. The Labute approximate surface area is 281 Å². The monoisotopic (exact) mass is 701 g/mol. The van der Waals surface area contributed by atoms with Gasteiger partial charge in [-0.2, -0.15) is 0 Å². The van der Waals surface area contributed by atoms with Crippen LogP contribution in [-0.4, -0.2) is 142 Å². The van der Waals surface area contributed by atoms with Crippen LogP contribution in [0.2, 0.25) is 0 Å². The Morgan fingerprint density at radius 2 is 1.49 bits per heavy atom. The number of aliphatic hydroxyl groups excluding tert-OH is 2. The predicted octanol–water partition coefficient (Wildman–Crippen LogP) is -7.23. The first-order chi connectivity index (χ1) is 22.9. The Bertz CT molecular complexity index is 1260. The number of guanidine groups is 1. The lowest BCUT2D eigenvalue weighted by atomic mass is 10.1.